The Labute approximate surface area is 202 Å². The molecule has 2 aliphatic carbocycles. The van der Waals surface area contributed by atoms with E-state index in [1.807, 2.05) is 42.8 Å². The van der Waals surface area contributed by atoms with Crippen LogP contribution in [0.15, 0.2) is 60.7 Å². The standard InChI is InChI=1S/C28H25FN4O2/c1-15-7-8-17(26-30-22-14-18(29)10-12-23(22)33(26)2)13-21(15)31-27(34)28(35)32-25-20-11-9-16-5-3-4-6-19(16)24(20)25/h3-8,10,12-14,20,24-25H,9,11H2,1-2H3,(H,31,34)(H,32,35). The Morgan fingerprint density at radius 1 is 1.06 bits per heavy atom. The molecule has 7 heteroatoms. The number of carbonyl (C=O) groups is 2. The minimum absolute atomic E-state index is 0.00437. The lowest BCUT2D eigenvalue weighted by Gasteiger charge is -2.13. The van der Waals surface area contributed by atoms with Crippen molar-refractivity contribution < 1.29 is 14.0 Å². The summed E-state index contributed by atoms with van der Waals surface area (Å²) in [6, 6.07) is 18.4. The van der Waals surface area contributed by atoms with Gasteiger partial charge < -0.3 is 15.2 Å². The zero-order valence-electron chi connectivity index (χ0n) is 19.5. The van der Waals surface area contributed by atoms with Crippen molar-refractivity contribution in [1.29, 1.82) is 0 Å². The maximum Gasteiger partial charge on any atom is 0.313 e. The van der Waals surface area contributed by atoms with Crippen LogP contribution >= 0.6 is 0 Å². The SMILES string of the molecule is Cc1ccc(-c2nc3cc(F)ccc3n2C)cc1NC(=O)C(=O)NC1C2CCc3ccccc3C21. The summed E-state index contributed by atoms with van der Waals surface area (Å²) in [6.45, 7) is 1.87. The molecule has 3 atom stereocenters. The number of carbonyl (C=O) groups excluding carboxylic acids is 2. The number of benzene rings is 3. The molecule has 3 aromatic carbocycles. The Hall–Kier alpha value is -4.00. The molecule has 1 fully saturated rings. The number of nitrogens with one attached hydrogen (secondary N) is 2. The molecule has 2 amide bonds. The molecule has 2 aliphatic rings. The molecule has 0 saturated heterocycles. The van der Waals surface area contributed by atoms with Crippen molar-refractivity contribution in [3.05, 3.63) is 83.2 Å². The minimum Gasteiger partial charge on any atom is -0.344 e. The van der Waals surface area contributed by atoms with Gasteiger partial charge in [0, 0.05) is 36.3 Å². The number of imidazole rings is 1. The Morgan fingerprint density at radius 2 is 1.89 bits per heavy atom. The molecule has 1 aromatic heterocycles. The van der Waals surface area contributed by atoms with Crippen LogP contribution in [-0.2, 0) is 23.1 Å². The van der Waals surface area contributed by atoms with Gasteiger partial charge in [-0.05, 0) is 60.6 Å². The van der Waals surface area contributed by atoms with Crippen LogP contribution in [0.5, 0.6) is 0 Å². The van der Waals surface area contributed by atoms with Crippen molar-refractivity contribution in [1.82, 2.24) is 14.9 Å². The normalized spacial score (nSPS) is 20.1. The van der Waals surface area contributed by atoms with Gasteiger partial charge in [-0.25, -0.2) is 9.37 Å². The van der Waals surface area contributed by atoms with E-state index in [9.17, 15) is 14.0 Å². The van der Waals surface area contributed by atoms with Gasteiger partial charge in [0.25, 0.3) is 0 Å². The molecule has 0 spiro atoms. The van der Waals surface area contributed by atoms with Crippen molar-refractivity contribution in [2.75, 3.05) is 5.32 Å². The largest absolute Gasteiger partial charge is 0.344 e. The zero-order chi connectivity index (χ0) is 24.3. The fraction of sp³-hybridized carbons (Fsp3) is 0.250. The van der Waals surface area contributed by atoms with E-state index in [4.69, 9.17) is 0 Å². The van der Waals surface area contributed by atoms with Gasteiger partial charge >= 0.3 is 11.8 Å². The van der Waals surface area contributed by atoms with Crippen molar-refractivity contribution in [3.8, 4) is 11.4 Å². The summed E-state index contributed by atoms with van der Waals surface area (Å²) < 4.78 is 15.5. The van der Waals surface area contributed by atoms with Crippen molar-refractivity contribution >= 4 is 28.5 Å². The average Bonchev–Trinajstić information content (AvgIpc) is 3.46. The molecule has 2 N–H and O–H groups in total. The summed E-state index contributed by atoms with van der Waals surface area (Å²) in [5.74, 6) is -0.312. The van der Waals surface area contributed by atoms with Crippen LogP contribution in [0.4, 0.5) is 10.1 Å². The Balaban J connectivity index is 1.19. The molecule has 0 bridgehead atoms. The molecule has 0 aliphatic heterocycles. The van der Waals surface area contributed by atoms with Crippen LogP contribution < -0.4 is 10.6 Å². The van der Waals surface area contributed by atoms with E-state index in [-0.39, 0.29) is 11.9 Å². The summed E-state index contributed by atoms with van der Waals surface area (Å²) in [5, 5.41) is 5.72. The number of aryl methyl sites for hydroxylation is 3. The van der Waals surface area contributed by atoms with Crippen LogP contribution in [0.1, 0.15) is 29.0 Å². The van der Waals surface area contributed by atoms with Gasteiger partial charge in [0.1, 0.15) is 11.6 Å². The lowest BCUT2D eigenvalue weighted by molar-refractivity contribution is -0.136. The number of hydrogen-bond acceptors (Lipinski definition) is 3. The number of hydrogen-bond donors (Lipinski definition) is 2. The highest BCUT2D eigenvalue weighted by atomic mass is 19.1. The third kappa shape index (κ3) is 3.67. The summed E-state index contributed by atoms with van der Waals surface area (Å²) in [7, 11) is 1.86. The topological polar surface area (TPSA) is 76.0 Å². The van der Waals surface area contributed by atoms with Gasteiger partial charge in [0.05, 0.1) is 11.0 Å². The number of amides is 2. The highest BCUT2D eigenvalue weighted by Crippen LogP contribution is 2.54. The second kappa shape index (κ2) is 8.05. The molecule has 1 heterocycles. The summed E-state index contributed by atoms with van der Waals surface area (Å²) >= 11 is 0. The fourth-order valence-corrected chi connectivity index (χ4v) is 5.49. The Bertz CT molecular complexity index is 1510. The molecular weight excluding hydrogens is 443 g/mol. The van der Waals surface area contributed by atoms with Gasteiger partial charge in [-0.3, -0.25) is 9.59 Å². The lowest BCUT2D eigenvalue weighted by Crippen LogP contribution is -2.37. The maximum atomic E-state index is 13.6. The number of fused-ring (bicyclic) bond motifs is 4. The molecule has 3 unspecified atom stereocenters. The first kappa shape index (κ1) is 21.5. The van der Waals surface area contributed by atoms with Crippen molar-refractivity contribution in [2.45, 2.75) is 31.7 Å². The predicted molar refractivity (Wildman–Crippen MR) is 132 cm³/mol. The van der Waals surface area contributed by atoms with Crippen LogP contribution in [0.3, 0.4) is 0 Å². The van der Waals surface area contributed by atoms with E-state index in [0.717, 1.165) is 29.5 Å². The summed E-state index contributed by atoms with van der Waals surface area (Å²) in [6.07, 6.45) is 2.04. The van der Waals surface area contributed by atoms with E-state index in [1.54, 1.807) is 12.1 Å². The highest BCUT2D eigenvalue weighted by molar-refractivity contribution is 6.39. The number of rotatable bonds is 3. The van der Waals surface area contributed by atoms with E-state index in [2.05, 4.69) is 27.8 Å². The Morgan fingerprint density at radius 3 is 2.74 bits per heavy atom. The smallest absolute Gasteiger partial charge is 0.313 e. The highest BCUT2D eigenvalue weighted by Gasteiger charge is 2.54. The van der Waals surface area contributed by atoms with E-state index in [0.29, 0.717) is 28.9 Å². The van der Waals surface area contributed by atoms with Crippen LogP contribution in [0, 0.1) is 18.7 Å². The third-order valence-corrected chi connectivity index (χ3v) is 7.42. The number of halogens is 1. The number of anilines is 1. The molecule has 176 valence electrons. The first-order valence-corrected chi connectivity index (χ1v) is 11.8. The number of aromatic nitrogens is 2. The molecular formula is C28H25FN4O2. The fourth-order valence-electron chi connectivity index (χ4n) is 5.49. The van der Waals surface area contributed by atoms with Gasteiger partial charge in [-0.2, -0.15) is 0 Å². The molecule has 4 aromatic rings. The van der Waals surface area contributed by atoms with Gasteiger partial charge in [-0.1, -0.05) is 36.4 Å². The first-order chi connectivity index (χ1) is 16.9. The molecule has 35 heavy (non-hydrogen) atoms. The van der Waals surface area contributed by atoms with Crippen LogP contribution in [0.2, 0.25) is 0 Å². The number of nitrogens with zero attached hydrogens (tertiary/aromatic N) is 2. The summed E-state index contributed by atoms with van der Waals surface area (Å²) in [4.78, 5) is 30.1. The zero-order valence-corrected chi connectivity index (χ0v) is 19.5. The molecule has 0 radical (unpaired) electrons. The van der Waals surface area contributed by atoms with Gasteiger partial charge in [0.2, 0.25) is 0 Å². The second-order valence-electron chi connectivity index (χ2n) is 9.54. The minimum atomic E-state index is -0.686. The predicted octanol–water partition coefficient (Wildman–Crippen LogP) is 4.47. The third-order valence-electron chi connectivity index (χ3n) is 7.42. The van der Waals surface area contributed by atoms with Crippen molar-refractivity contribution in [2.24, 2.45) is 13.0 Å². The quantitative estimate of drug-likeness (QED) is 0.436. The average molecular weight is 469 g/mol. The van der Waals surface area contributed by atoms with Gasteiger partial charge in [-0.15, -0.1) is 0 Å². The van der Waals surface area contributed by atoms with Gasteiger partial charge in [0.15, 0.2) is 0 Å². The second-order valence-corrected chi connectivity index (χ2v) is 9.54. The van der Waals surface area contributed by atoms with Crippen LogP contribution in [-0.4, -0.2) is 27.4 Å². The van der Waals surface area contributed by atoms with E-state index < -0.39 is 11.8 Å². The van der Waals surface area contributed by atoms with E-state index in [1.165, 1.54) is 23.3 Å². The molecule has 1 saturated carbocycles. The van der Waals surface area contributed by atoms with Crippen LogP contribution in [0.25, 0.3) is 22.4 Å². The van der Waals surface area contributed by atoms with Crippen molar-refractivity contribution in [3.63, 3.8) is 0 Å². The molecule has 6 nitrogen and oxygen atoms in total. The summed E-state index contributed by atoms with van der Waals surface area (Å²) in [5.41, 5.74) is 6.12. The van der Waals surface area contributed by atoms with E-state index >= 15 is 0 Å². The lowest BCUT2D eigenvalue weighted by atomic mass is 9.92. The Kier molecular flexibility index (Phi) is 4.95. The monoisotopic (exact) mass is 468 g/mol. The maximum absolute atomic E-state index is 13.6. The first-order valence-electron chi connectivity index (χ1n) is 11.8. The molecule has 6 rings (SSSR count).